The molecule has 1 aromatic heterocycles. The van der Waals surface area contributed by atoms with Gasteiger partial charge in [-0.1, -0.05) is 87.2 Å². The SMILES string of the molecule is CC[C@H](C)[C@H](N)C(=O)N1CCn2cc(-c3cc(Cl)c(Cl)c(Cl)c3)nc2[C@@H]1CC1CCCCC1. The molecule has 1 aliphatic carbocycles. The molecule has 0 unspecified atom stereocenters. The summed E-state index contributed by atoms with van der Waals surface area (Å²) in [6.07, 6.45) is 10.1. The van der Waals surface area contributed by atoms with Crippen LogP contribution in [0.3, 0.4) is 0 Å². The fourth-order valence-electron chi connectivity index (χ4n) is 5.15. The monoisotopic (exact) mass is 510 g/mol. The van der Waals surface area contributed by atoms with Crippen molar-refractivity contribution in [2.24, 2.45) is 17.6 Å². The molecule has 4 rings (SSSR count). The number of nitrogens with two attached hydrogens (primary N) is 1. The molecular formula is C25H33Cl3N4O. The number of carbonyl (C=O) groups excluding carboxylic acids is 1. The van der Waals surface area contributed by atoms with Crippen LogP contribution < -0.4 is 5.73 Å². The third kappa shape index (κ3) is 5.22. The van der Waals surface area contributed by atoms with Gasteiger partial charge in [0.2, 0.25) is 5.91 Å². The van der Waals surface area contributed by atoms with Gasteiger partial charge in [-0.3, -0.25) is 4.79 Å². The minimum absolute atomic E-state index is 0.0403. The number of imidazole rings is 1. The van der Waals surface area contributed by atoms with Crippen LogP contribution in [0, 0.1) is 11.8 Å². The largest absolute Gasteiger partial charge is 0.331 e. The van der Waals surface area contributed by atoms with Crippen LogP contribution in [0.4, 0.5) is 0 Å². The number of fused-ring (bicyclic) bond motifs is 1. The molecule has 1 saturated carbocycles. The topological polar surface area (TPSA) is 64.2 Å². The van der Waals surface area contributed by atoms with Crippen molar-refractivity contribution in [2.75, 3.05) is 6.54 Å². The highest BCUT2D eigenvalue weighted by atomic mass is 35.5. The van der Waals surface area contributed by atoms with E-state index in [1.165, 1.54) is 32.1 Å². The lowest BCUT2D eigenvalue weighted by Crippen LogP contribution is -2.51. The first kappa shape index (κ1) is 24.8. The van der Waals surface area contributed by atoms with Crippen molar-refractivity contribution in [3.63, 3.8) is 0 Å². The van der Waals surface area contributed by atoms with E-state index in [1.807, 2.05) is 11.1 Å². The second-order valence-electron chi connectivity index (χ2n) is 9.63. The lowest BCUT2D eigenvalue weighted by Gasteiger charge is -2.40. The van der Waals surface area contributed by atoms with Gasteiger partial charge in [-0.05, 0) is 30.4 Å². The Labute approximate surface area is 211 Å². The molecule has 0 radical (unpaired) electrons. The Bertz CT molecular complexity index is 979. The predicted molar refractivity (Wildman–Crippen MR) is 136 cm³/mol. The van der Waals surface area contributed by atoms with Gasteiger partial charge in [0, 0.05) is 24.8 Å². The van der Waals surface area contributed by atoms with Gasteiger partial charge < -0.3 is 15.2 Å². The van der Waals surface area contributed by atoms with Gasteiger partial charge in [-0.15, -0.1) is 0 Å². The van der Waals surface area contributed by atoms with Crippen molar-refractivity contribution in [1.29, 1.82) is 0 Å². The van der Waals surface area contributed by atoms with Crippen molar-refractivity contribution >= 4 is 40.7 Å². The summed E-state index contributed by atoms with van der Waals surface area (Å²) >= 11 is 18.7. The Hall–Kier alpha value is -1.27. The van der Waals surface area contributed by atoms with E-state index in [2.05, 4.69) is 18.4 Å². The first-order valence-corrected chi connectivity index (χ1v) is 13.2. The van der Waals surface area contributed by atoms with Gasteiger partial charge >= 0.3 is 0 Å². The number of nitrogens with zero attached hydrogens (tertiary/aromatic N) is 3. The van der Waals surface area contributed by atoms with Crippen LogP contribution in [0.2, 0.25) is 15.1 Å². The maximum atomic E-state index is 13.5. The summed E-state index contributed by atoms with van der Waals surface area (Å²) in [5, 5.41) is 1.15. The van der Waals surface area contributed by atoms with Crippen LogP contribution >= 0.6 is 34.8 Å². The maximum absolute atomic E-state index is 13.5. The molecule has 2 N–H and O–H groups in total. The van der Waals surface area contributed by atoms with Crippen molar-refractivity contribution in [3.8, 4) is 11.3 Å². The Morgan fingerprint density at radius 3 is 2.45 bits per heavy atom. The Morgan fingerprint density at radius 2 is 1.82 bits per heavy atom. The van der Waals surface area contributed by atoms with Crippen molar-refractivity contribution in [3.05, 3.63) is 39.2 Å². The molecule has 1 aliphatic heterocycles. The summed E-state index contributed by atoms with van der Waals surface area (Å²) < 4.78 is 2.18. The molecule has 2 aromatic rings. The van der Waals surface area contributed by atoms with E-state index in [0.717, 1.165) is 29.9 Å². The van der Waals surface area contributed by atoms with E-state index in [1.54, 1.807) is 12.1 Å². The van der Waals surface area contributed by atoms with Crippen molar-refractivity contribution in [2.45, 2.75) is 77.4 Å². The highest BCUT2D eigenvalue weighted by Gasteiger charge is 2.37. The quantitative estimate of drug-likeness (QED) is 0.437. The van der Waals surface area contributed by atoms with E-state index in [-0.39, 0.29) is 17.9 Å². The number of aromatic nitrogens is 2. The van der Waals surface area contributed by atoms with E-state index in [0.29, 0.717) is 34.1 Å². The minimum Gasteiger partial charge on any atom is -0.331 e. The van der Waals surface area contributed by atoms with Crippen LogP contribution in [-0.4, -0.2) is 32.9 Å². The number of carbonyl (C=O) groups is 1. The first-order chi connectivity index (χ1) is 15.8. The van der Waals surface area contributed by atoms with E-state index >= 15 is 0 Å². The Kier molecular flexibility index (Phi) is 7.95. The normalized spacial score (nSPS) is 21.0. The summed E-state index contributed by atoms with van der Waals surface area (Å²) in [6, 6.07) is 3.03. The molecule has 33 heavy (non-hydrogen) atoms. The number of hydrogen-bond acceptors (Lipinski definition) is 3. The van der Waals surface area contributed by atoms with Crippen LogP contribution in [0.5, 0.6) is 0 Å². The first-order valence-electron chi connectivity index (χ1n) is 12.1. The molecule has 1 aromatic carbocycles. The molecule has 3 atom stereocenters. The summed E-state index contributed by atoms with van der Waals surface area (Å²) in [5.74, 6) is 1.71. The molecule has 180 valence electrons. The van der Waals surface area contributed by atoms with Crippen LogP contribution in [0.25, 0.3) is 11.3 Å². The molecule has 1 amide bonds. The lowest BCUT2D eigenvalue weighted by molar-refractivity contribution is -0.138. The number of amides is 1. The van der Waals surface area contributed by atoms with Gasteiger partial charge in [0.25, 0.3) is 0 Å². The van der Waals surface area contributed by atoms with Gasteiger partial charge in [0.05, 0.1) is 32.8 Å². The zero-order valence-electron chi connectivity index (χ0n) is 19.4. The van der Waals surface area contributed by atoms with Gasteiger partial charge in [-0.25, -0.2) is 4.98 Å². The molecule has 1 fully saturated rings. The van der Waals surface area contributed by atoms with Gasteiger partial charge in [-0.2, -0.15) is 0 Å². The molecule has 0 spiro atoms. The van der Waals surface area contributed by atoms with E-state index in [9.17, 15) is 4.79 Å². The number of hydrogen-bond donors (Lipinski definition) is 1. The number of halogens is 3. The summed E-state index contributed by atoms with van der Waals surface area (Å²) in [5.41, 5.74) is 8.01. The van der Waals surface area contributed by atoms with Crippen molar-refractivity contribution < 1.29 is 4.79 Å². The summed E-state index contributed by atoms with van der Waals surface area (Å²) in [6.45, 7) is 5.47. The summed E-state index contributed by atoms with van der Waals surface area (Å²) in [4.78, 5) is 20.5. The molecule has 2 aliphatic rings. The van der Waals surface area contributed by atoms with Crippen LogP contribution in [0.1, 0.15) is 70.7 Å². The highest BCUT2D eigenvalue weighted by molar-refractivity contribution is 6.48. The second kappa shape index (κ2) is 10.6. The average molecular weight is 512 g/mol. The minimum atomic E-state index is -0.487. The zero-order chi connectivity index (χ0) is 23.7. The standard InChI is InChI=1S/C25H33Cl3N4O/c1-3-15(2)23(29)25(33)32-10-9-31-14-20(17-12-18(26)22(28)19(27)13-17)30-24(31)21(32)11-16-7-5-4-6-8-16/h12-16,21,23H,3-11,29H2,1-2H3/t15-,21-,23-/m0/s1. The third-order valence-electron chi connectivity index (χ3n) is 7.45. The van der Waals surface area contributed by atoms with Crippen LogP contribution in [0.15, 0.2) is 18.3 Å². The third-order valence-corrected chi connectivity index (χ3v) is 8.65. The highest BCUT2D eigenvalue weighted by Crippen LogP contribution is 2.39. The molecule has 5 nitrogen and oxygen atoms in total. The average Bonchev–Trinajstić information content (AvgIpc) is 3.26. The number of rotatable bonds is 6. The number of benzene rings is 1. The molecule has 2 heterocycles. The summed E-state index contributed by atoms with van der Waals surface area (Å²) in [7, 11) is 0. The zero-order valence-corrected chi connectivity index (χ0v) is 21.6. The molecular weight excluding hydrogens is 479 g/mol. The van der Waals surface area contributed by atoms with Gasteiger partial charge in [0.15, 0.2) is 0 Å². The lowest BCUT2D eigenvalue weighted by atomic mass is 9.83. The Balaban J connectivity index is 1.69. The molecule has 0 bridgehead atoms. The smallest absolute Gasteiger partial charge is 0.240 e. The fourth-order valence-corrected chi connectivity index (χ4v) is 5.75. The van der Waals surface area contributed by atoms with Gasteiger partial charge in [0.1, 0.15) is 5.82 Å². The Morgan fingerprint density at radius 1 is 1.15 bits per heavy atom. The van der Waals surface area contributed by atoms with Crippen molar-refractivity contribution in [1.82, 2.24) is 14.5 Å². The molecule has 0 saturated heterocycles. The van der Waals surface area contributed by atoms with Crippen LogP contribution in [-0.2, 0) is 11.3 Å². The second-order valence-corrected chi connectivity index (χ2v) is 10.8. The predicted octanol–water partition coefficient (Wildman–Crippen LogP) is 6.74. The molecule has 8 heteroatoms. The fraction of sp³-hybridized carbons (Fsp3) is 0.600. The van der Waals surface area contributed by atoms with E-state index < -0.39 is 6.04 Å². The maximum Gasteiger partial charge on any atom is 0.240 e. The van der Waals surface area contributed by atoms with E-state index in [4.69, 9.17) is 45.5 Å².